The summed E-state index contributed by atoms with van der Waals surface area (Å²) < 4.78 is 10.2. The van der Waals surface area contributed by atoms with Crippen molar-refractivity contribution in [1.29, 1.82) is 0 Å². The fraction of sp³-hybridized carbons (Fsp3) is 0.462. The molecule has 0 aliphatic heterocycles. The van der Waals surface area contributed by atoms with Crippen molar-refractivity contribution in [2.45, 2.75) is 19.4 Å². The van der Waals surface area contributed by atoms with Crippen LogP contribution in [0.15, 0.2) is 24.3 Å². The first-order valence-corrected chi connectivity index (χ1v) is 5.59. The van der Waals surface area contributed by atoms with Crippen LogP contribution >= 0.6 is 0 Å². The normalized spacial score (nSPS) is 13.9. The van der Waals surface area contributed by atoms with Gasteiger partial charge in [-0.2, -0.15) is 0 Å². The van der Waals surface area contributed by atoms with Gasteiger partial charge in [0.2, 0.25) is 0 Å². The van der Waals surface area contributed by atoms with Gasteiger partial charge in [-0.1, -0.05) is 12.1 Å². The van der Waals surface area contributed by atoms with Crippen LogP contribution in [0, 0.1) is 0 Å². The second-order valence-corrected chi connectivity index (χ2v) is 3.82. The standard InChI is InChI=1S/C13H19NO3/c1-5-17-12(15)13(2,14-3)10-6-8-11(16-4)9-7-10/h6-9,14H,5H2,1-4H3. The minimum absolute atomic E-state index is 0.285. The lowest BCUT2D eigenvalue weighted by atomic mass is 9.92. The van der Waals surface area contributed by atoms with Crippen LogP contribution in [0.2, 0.25) is 0 Å². The Morgan fingerprint density at radius 2 is 1.94 bits per heavy atom. The number of benzene rings is 1. The Labute approximate surface area is 102 Å². The van der Waals surface area contributed by atoms with Gasteiger partial charge in [0.25, 0.3) is 0 Å². The molecule has 1 unspecified atom stereocenters. The van der Waals surface area contributed by atoms with E-state index >= 15 is 0 Å². The third-order valence-corrected chi connectivity index (χ3v) is 2.85. The van der Waals surface area contributed by atoms with Gasteiger partial charge in [0.15, 0.2) is 0 Å². The van der Waals surface area contributed by atoms with Crippen LogP contribution in [0.3, 0.4) is 0 Å². The molecule has 1 rings (SSSR count). The van der Waals surface area contributed by atoms with Gasteiger partial charge >= 0.3 is 5.97 Å². The molecule has 4 nitrogen and oxygen atoms in total. The van der Waals surface area contributed by atoms with E-state index in [4.69, 9.17) is 9.47 Å². The quantitative estimate of drug-likeness (QED) is 0.792. The molecular formula is C13H19NO3. The lowest BCUT2D eigenvalue weighted by Gasteiger charge is -2.27. The molecule has 0 bridgehead atoms. The number of hydrogen-bond donors (Lipinski definition) is 1. The van der Waals surface area contributed by atoms with E-state index in [0.29, 0.717) is 6.61 Å². The smallest absolute Gasteiger partial charge is 0.330 e. The largest absolute Gasteiger partial charge is 0.497 e. The summed E-state index contributed by atoms with van der Waals surface area (Å²) in [6, 6.07) is 7.35. The van der Waals surface area contributed by atoms with Crippen LogP contribution in [0.4, 0.5) is 0 Å². The molecule has 0 aromatic heterocycles. The first-order chi connectivity index (χ1) is 8.08. The summed E-state index contributed by atoms with van der Waals surface area (Å²) in [5, 5.41) is 3.00. The van der Waals surface area contributed by atoms with Gasteiger partial charge in [-0.25, -0.2) is 4.79 Å². The fourth-order valence-corrected chi connectivity index (χ4v) is 1.56. The Hall–Kier alpha value is -1.55. The van der Waals surface area contributed by atoms with E-state index in [9.17, 15) is 4.79 Å². The van der Waals surface area contributed by atoms with Crippen LogP contribution < -0.4 is 10.1 Å². The molecule has 0 heterocycles. The highest BCUT2D eigenvalue weighted by Gasteiger charge is 2.34. The molecule has 0 amide bonds. The van der Waals surface area contributed by atoms with E-state index in [0.717, 1.165) is 11.3 Å². The van der Waals surface area contributed by atoms with E-state index in [1.165, 1.54) is 0 Å². The zero-order valence-electron chi connectivity index (χ0n) is 10.7. The molecule has 1 atom stereocenters. The van der Waals surface area contributed by atoms with Crippen molar-refractivity contribution in [3.8, 4) is 5.75 Å². The number of esters is 1. The number of ether oxygens (including phenoxy) is 2. The van der Waals surface area contributed by atoms with Gasteiger partial charge in [-0.15, -0.1) is 0 Å². The lowest BCUT2D eigenvalue weighted by molar-refractivity contribution is -0.150. The maximum Gasteiger partial charge on any atom is 0.330 e. The molecular weight excluding hydrogens is 218 g/mol. The third-order valence-electron chi connectivity index (χ3n) is 2.85. The molecule has 1 aromatic carbocycles. The summed E-state index contributed by atoms with van der Waals surface area (Å²) in [6.07, 6.45) is 0. The van der Waals surface area contributed by atoms with E-state index < -0.39 is 5.54 Å². The molecule has 0 spiro atoms. The summed E-state index contributed by atoms with van der Waals surface area (Å²) in [4.78, 5) is 11.9. The molecule has 0 radical (unpaired) electrons. The van der Waals surface area contributed by atoms with Gasteiger partial charge in [0.05, 0.1) is 13.7 Å². The van der Waals surface area contributed by atoms with Crippen molar-refractivity contribution in [3.05, 3.63) is 29.8 Å². The second kappa shape index (κ2) is 5.68. The van der Waals surface area contributed by atoms with Crippen LogP contribution in [0.1, 0.15) is 19.4 Å². The molecule has 4 heteroatoms. The van der Waals surface area contributed by atoms with Gasteiger partial charge in [0.1, 0.15) is 11.3 Å². The molecule has 1 N–H and O–H groups in total. The van der Waals surface area contributed by atoms with Crippen molar-refractivity contribution in [1.82, 2.24) is 5.32 Å². The molecule has 0 aliphatic rings. The molecule has 0 saturated carbocycles. The van der Waals surface area contributed by atoms with Crippen molar-refractivity contribution >= 4 is 5.97 Å². The average Bonchev–Trinajstić information content (AvgIpc) is 2.38. The minimum Gasteiger partial charge on any atom is -0.497 e. The Morgan fingerprint density at radius 3 is 2.35 bits per heavy atom. The van der Waals surface area contributed by atoms with Crippen molar-refractivity contribution < 1.29 is 14.3 Å². The number of carbonyl (C=O) groups is 1. The Bertz CT molecular complexity index is 375. The van der Waals surface area contributed by atoms with Crippen LogP contribution in [0.25, 0.3) is 0 Å². The predicted octanol–water partition coefficient (Wildman–Crippen LogP) is 1.69. The number of carbonyl (C=O) groups excluding carboxylic acids is 1. The highest BCUT2D eigenvalue weighted by molar-refractivity contribution is 5.82. The summed E-state index contributed by atoms with van der Waals surface area (Å²) in [5.41, 5.74) is 0.0155. The van der Waals surface area contributed by atoms with E-state index in [2.05, 4.69) is 5.32 Å². The first kappa shape index (κ1) is 13.5. The van der Waals surface area contributed by atoms with E-state index in [1.807, 2.05) is 24.3 Å². The van der Waals surface area contributed by atoms with Gasteiger partial charge in [0, 0.05) is 0 Å². The lowest BCUT2D eigenvalue weighted by Crippen LogP contribution is -2.45. The van der Waals surface area contributed by atoms with E-state index in [-0.39, 0.29) is 5.97 Å². The summed E-state index contributed by atoms with van der Waals surface area (Å²) >= 11 is 0. The number of nitrogens with one attached hydrogen (secondary N) is 1. The minimum atomic E-state index is -0.831. The Morgan fingerprint density at radius 1 is 1.35 bits per heavy atom. The maximum absolute atomic E-state index is 11.9. The average molecular weight is 237 g/mol. The topological polar surface area (TPSA) is 47.6 Å². The summed E-state index contributed by atoms with van der Waals surface area (Å²) in [7, 11) is 3.35. The zero-order chi connectivity index (χ0) is 12.9. The van der Waals surface area contributed by atoms with Crippen LogP contribution in [0.5, 0.6) is 5.75 Å². The second-order valence-electron chi connectivity index (χ2n) is 3.82. The Kier molecular flexibility index (Phi) is 4.52. The van der Waals surface area contributed by atoms with Gasteiger partial charge in [-0.3, -0.25) is 0 Å². The fourth-order valence-electron chi connectivity index (χ4n) is 1.56. The first-order valence-electron chi connectivity index (χ1n) is 5.59. The number of methoxy groups -OCH3 is 1. The van der Waals surface area contributed by atoms with Crippen molar-refractivity contribution in [2.24, 2.45) is 0 Å². The van der Waals surface area contributed by atoms with Crippen molar-refractivity contribution in [2.75, 3.05) is 20.8 Å². The molecule has 0 saturated heterocycles. The summed E-state index contributed by atoms with van der Waals surface area (Å²) in [5.74, 6) is 0.476. The predicted molar refractivity (Wildman–Crippen MR) is 66.0 cm³/mol. The third kappa shape index (κ3) is 2.77. The van der Waals surface area contributed by atoms with Crippen molar-refractivity contribution in [3.63, 3.8) is 0 Å². The molecule has 94 valence electrons. The van der Waals surface area contributed by atoms with Crippen LogP contribution in [-0.2, 0) is 15.1 Å². The van der Waals surface area contributed by atoms with E-state index in [1.54, 1.807) is 28.0 Å². The monoisotopic (exact) mass is 237 g/mol. The molecule has 1 aromatic rings. The molecule has 17 heavy (non-hydrogen) atoms. The number of rotatable bonds is 5. The number of hydrogen-bond acceptors (Lipinski definition) is 4. The molecule has 0 aliphatic carbocycles. The highest BCUT2D eigenvalue weighted by atomic mass is 16.5. The van der Waals surface area contributed by atoms with Gasteiger partial charge < -0.3 is 14.8 Å². The molecule has 0 fully saturated rings. The number of likely N-dealkylation sites (N-methyl/N-ethyl adjacent to an activating group) is 1. The maximum atomic E-state index is 11.9. The zero-order valence-corrected chi connectivity index (χ0v) is 10.7. The summed E-state index contributed by atoms with van der Waals surface area (Å²) in [6.45, 7) is 3.96. The van der Waals surface area contributed by atoms with Gasteiger partial charge in [-0.05, 0) is 38.6 Å². The Balaban J connectivity index is 3.02. The van der Waals surface area contributed by atoms with Crippen LogP contribution in [-0.4, -0.2) is 26.7 Å². The SMILES string of the molecule is CCOC(=O)C(C)(NC)c1ccc(OC)cc1. The highest BCUT2D eigenvalue weighted by Crippen LogP contribution is 2.24.